The minimum absolute atomic E-state index is 0.00386. The number of benzene rings is 1. The molecule has 1 aromatic carbocycles. The normalized spacial score (nSPS) is 16.7. The lowest BCUT2D eigenvalue weighted by molar-refractivity contribution is 0.550. The predicted octanol–water partition coefficient (Wildman–Crippen LogP) is 1.28. The summed E-state index contributed by atoms with van der Waals surface area (Å²) in [6.07, 6.45) is 3.80. The molecule has 0 heterocycles. The molecule has 0 atom stereocenters. The third-order valence-electron chi connectivity index (χ3n) is 3.87. The van der Waals surface area contributed by atoms with Gasteiger partial charge in [0.25, 0.3) is 0 Å². The van der Waals surface area contributed by atoms with Gasteiger partial charge >= 0.3 is 0 Å². The molecule has 0 saturated heterocycles. The number of sulfonamides is 2. The van der Waals surface area contributed by atoms with Gasteiger partial charge in [0.05, 0.1) is 11.5 Å². The smallest absolute Gasteiger partial charge is 0.214 e. The minimum atomic E-state index is -3.54. The molecule has 1 aliphatic rings. The second-order valence-electron chi connectivity index (χ2n) is 6.06. The molecular formula is C15H24N2O4S2. The van der Waals surface area contributed by atoms with E-state index in [4.69, 9.17) is 0 Å². The molecule has 0 spiro atoms. The van der Waals surface area contributed by atoms with Gasteiger partial charge in [0.15, 0.2) is 0 Å². The van der Waals surface area contributed by atoms with Gasteiger partial charge in [-0.15, -0.1) is 0 Å². The maximum Gasteiger partial charge on any atom is 0.215 e. The SMILES string of the molecule is Cc1ccc(CS(=O)(=O)NCCS(=O)(=O)NC2CCCC2)cc1. The maximum atomic E-state index is 12.0. The largest absolute Gasteiger partial charge is 0.215 e. The molecule has 0 radical (unpaired) electrons. The third kappa shape index (κ3) is 6.58. The fourth-order valence-corrected chi connectivity index (χ4v) is 5.15. The molecule has 130 valence electrons. The van der Waals surface area contributed by atoms with E-state index in [1.807, 2.05) is 19.1 Å². The summed E-state index contributed by atoms with van der Waals surface area (Å²) >= 11 is 0. The molecule has 0 aromatic heterocycles. The van der Waals surface area contributed by atoms with Crippen molar-refractivity contribution >= 4 is 20.0 Å². The summed E-state index contributed by atoms with van der Waals surface area (Å²) in [4.78, 5) is 0. The highest BCUT2D eigenvalue weighted by molar-refractivity contribution is 7.90. The van der Waals surface area contributed by atoms with Gasteiger partial charge < -0.3 is 0 Å². The van der Waals surface area contributed by atoms with Crippen molar-refractivity contribution in [2.75, 3.05) is 12.3 Å². The van der Waals surface area contributed by atoms with Gasteiger partial charge in [-0.25, -0.2) is 26.3 Å². The minimum Gasteiger partial charge on any atom is -0.214 e. The first-order valence-corrected chi connectivity index (χ1v) is 11.1. The van der Waals surface area contributed by atoms with Gasteiger partial charge in [-0.1, -0.05) is 42.7 Å². The van der Waals surface area contributed by atoms with Gasteiger partial charge in [-0.05, 0) is 25.3 Å². The molecule has 6 nitrogen and oxygen atoms in total. The Morgan fingerprint density at radius 1 is 1.00 bits per heavy atom. The number of hydrogen-bond acceptors (Lipinski definition) is 4. The molecule has 2 rings (SSSR count). The van der Waals surface area contributed by atoms with Gasteiger partial charge in [-0.3, -0.25) is 0 Å². The fraction of sp³-hybridized carbons (Fsp3) is 0.600. The highest BCUT2D eigenvalue weighted by Crippen LogP contribution is 2.18. The first-order valence-electron chi connectivity index (χ1n) is 7.79. The van der Waals surface area contributed by atoms with Crippen molar-refractivity contribution in [3.63, 3.8) is 0 Å². The average molecular weight is 361 g/mol. The van der Waals surface area contributed by atoms with E-state index in [1.54, 1.807) is 12.1 Å². The van der Waals surface area contributed by atoms with Crippen LogP contribution in [0.3, 0.4) is 0 Å². The summed E-state index contributed by atoms with van der Waals surface area (Å²) in [5.41, 5.74) is 1.73. The van der Waals surface area contributed by atoms with Gasteiger partial charge in [0.1, 0.15) is 0 Å². The topological polar surface area (TPSA) is 92.3 Å². The number of aryl methyl sites for hydroxylation is 1. The molecule has 1 saturated carbocycles. The summed E-state index contributed by atoms with van der Waals surface area (Å²) in [6.45, 7) is 1.81. The highest BCUT2D eigenvalue weighted by Gasteiger charge is 2.21. The molecule has 1 aromatic rings. The van der Waals surface area contributed by atoms with Crippen molar-refractivity contribution in [3.05, 3.63) is 35.4 Å². The monoisotopic (exact) mass is 360 g/mol. The lowest BCUT2D eigenvalue weighted by atomic mass is 10.2. The Balaban J connectivity index is 1.80. The van der Waals surface area contributed by atoms with Crippen molar-refractivity contribution in [2.45, 2.75) is 44.4 Å². The van der Waals surface area contributed by atoms with Crippen molar-refractivity contribution in [3.8, 4) is 0 Å². The Bertz CT molecular complexity index is 706. The Morgan fingerprint density at radius 2 is 1.61 bits per heavy atom. The summed E-state index contributed by atoms with van der Waals surface area (Å²) in [6, 6.07) is 7.21. The second-order valence-corrected chi connectivity index (χ2v) is 9.74. The quantitative estimate of drug-likeness (QED) is 0.730. The van der Waals surface area contributed by atoms with Crippen LogP contribution in [0.4, 0.5) is 0 Å². The van der Waals surface area contributed by atoms with Crippen LogP contribution in [0.5, 0.6) is 0 Å². The van der Waals surface area contributed by atoms with E-state index < -0.39 is 20.0 Å². The zero-order chi connectivity index (χ0) is 16.9. The van der Waals surface area contributed by atoms with Crippen LogP contribution in [0.25, 0.3) is 0 Å². The zero-order valence-corrected chi connectivity index (χ0v) is 14.9. The van der Waals surface area contributed by atoms with E-state index in [0.717, 1.165) is 31.2 Å². The van der Waals surface area contributed by atoms with Crippen LogP contribution >= 0.6 is 0 Å². The lowest BCUT2D eigenvalue weighted by Gasteiger charge is -2.13. The van der Waals surface area contributed by atoms with Crippen LogP contribution in [-0.2, 0) is 25.8 Å². The Morgan fingerprint density at radius 3 is 2.22 bits per heavy atom. The van der Waals surface area contributed by atoms with Crippen molar-refractivity contribution < 1.29 is 16.8 Å². The van der Waals surface area contributed by atoms with Crippen LogP contribution < -0.4 is 9.44 Å². The standard InChI is InChI=1S/C15H24N2O4S2/c1-13-6-8-14(9-7-13)12-23(20,21)16-10-11-22(18,19)17-15-4-2-3-5-15/h6-9,15-17H,2-5,10-12H2,1H3. The zero-order valence-electron chi connectivity index (χ0n) is 13.3. The average Bonchev–Trinajstić information content (AvgIpc) is 2.92. The predicted molar refractivity (Wildman–Crippen MR) is 91.0 cm³/mol. The molecule has 0 bridgehead atoms. The van der Waals surface area contributed by atoms with E-state index in [1.165, 1.54) is 0 Å². The van der Waals surface area contributed by atoms with Crippen LogP contribution in [0, 0.1) is 6.92 Å². The van der Waals surface area contributed by atoms with Crippen LogP contribution in [-0.4, -0.2) is 35.2 Å². The molecule has 2 N–H and O–H groups in total. The first-order chi connectivity index (χ1) is 10.8. The van der Waals surface area contributed by atoms with Crippen LogP contribution in [0.1, 0.15) is 36.8 Å². The molecular weight excluding hydrogens is 336 g/mol. The molecule has 8 heteroatoms. The van der Waals surface area contributed by atoms with E-state index in [-0.39, 0.29) is 24.1 Å². The van der Waals surface area contributed by atoms with E-state index >= 15 is 0 Å². The molecule has 0 aliphatic heterocycles. The Labute approximate surface area is 138 Å². The summed E-state index contributed by atoms with van der Waals surface area (Å²) in [7, 11) is -6.98. The van der Waals surface area contributed by atoms with Crippen molar-refractivity contribution in [1.29, 1.82) is 0 Å². The molecule has 0 unspecified atom stereocenters. The number of rotatable bonds is 8. The van der Waals surface area contributed by atoms with Crippen molar-refractivity contribution in [2.24, 2.45) is 0 Å². The third-order valence-corrected chi connectivity index (χ3v) is 6.66. The molecule has 1 fully saturated rings. The molecule has 23 heavy (non-hydrogen) atoms. The van der Waals surface area contributed by atoms with E-state index in [2.05, 4.69) is 9.44 Å². The Hall–Kier alpha value is -0.960. The van der Waals surface area contributed by atoms with E-state index in [9.17, 15) is 16.8 Å². The molecule has 0 amide bonds. The highest BCUT2D eigenvalue weighted by atomic mass is 32.2. The number of hydrogen-bond donors (Lipinski definition) is 2. The van der Waals surface area contributed by atoms with Crippen molar-refractivity contribution in [1.82, 2.24) is 9.44 Å². The summed E-state index contributed by atoms with van der Waals surface area (Å²) < 4.78 is 52.8. The van der Waals surface area contributed by atoms with Crippen LogP contribution in [0.2, 0.25) is 0 Å². The fourth-order valence-electron chi connectivity index (χ4n) is 2.64. The Kier molecular flexibility index (Phi) is 6.19. The summed E-state index contributed by atoms with van der Waals surface area (Å²) in [5.74, 6) is -0.389. The van der Waals surface area contributed by atoms with Gasteiger partial charge in [0.2, 0.25) is 20.0 Å². The summed E-state index contributed by atoms with van der Waals surface area (Å²) in [5, 5.41) is 0. The van der Waals surface area contributed by atoms with Gasteiger partial charge in [0, 0.05) is 12.6 Å². The second kappa shape index (κ2) is 7.74. The maximum absolute atomic E-state index is 12.0. The number of nitrogens with one attached hydrogen (secondary N) is 2. The lowest BCUT2D eigenvalue weighted by Crippen LogP contribution is -2.38. The molecule has 1 aliphatic carbocycles. The van der Waals surface area contributed by atoms with E-state index in [0.29, 0.717) is 5.56 Å². The van der Waals surface area contributed by atoms with Crippen LogP contribution in [0.15, 0.2) is 24.3 Å². The van der Waals surface area contributed by atoms with Gasteiger partial charge in [-0.2, -0.15) is 0 Å². The first kappa shape index (κ1) is 18.4.